The van der Waals surface area contributed by atoms with Gasteiger partial charge in [-0.1, -0.05) is 15.9 Å². The van der Waals surface area contributed by atoms with Gasteiger partial charge in [-0.3, -0.25) is 0 Å². The van der Waals surface area contributed by atoms with Crippen molar-refractivity contribution in [3.05, 3.63) is 57.9 Å². The second kappa shape index (κ2) is 6.12. The molecule has 0 aliphatic rings. The molecule has 0 aliphatic carbocycles. The monoisotopic (exact) mass is 325 g/mol. The van der Waals surface area contributed by atoms with E-state index in [2.05, 4.69) is 20.9 Å². The van der Waals surface area contributed by atoms with Crippen LogP contribution in [0.4, 0.5) is 4.39 Å². The summed E-state index contributed by atoms with van der Waals surface area (Å²) in [5.41, 5.74) is 1.38. The summed E-state index contributed by atoms with van der Waals surface area (Å²) < 4.78 is 18.9. The smallest absolute Gasteiger partial charge is 0.212 e. The first kappa shape index (κ1) is 14.0. The molecule has 0 fully saturated rings. The Hall–Kier alpha value is -1.46. The van der Waals surface area contributed by atoms with Gasteiger partial charge in [-0.25, -0.2) is 9.37 Å². The SMILES string of the molecule is COc1ccc(C(O)Cc2cc(F)ccc2Br)cn1. The number of benzene rings is 1. The molecule has 1 aromatic carbocycles. The molecule has 1 atom stereocenters. The van der Waals surface area contributed by atoms with Crippen LogP contribution in [0, 0.1) is 5.82 Å². The maximum atomic E-state index is 13.2. The highest BCUT2D eigenvalue weighted by atomic mass is 79.9. The largest absolute Gasteiger partial charge is 0.481 e. The molecule has 100 valence electrons. The zero-order chi connectivity index (χ0) is 13.8. The molecule has 0 amide bonds. The maximum absolute atomic E-state index is 13.2. The molecule has 5 heteroatoms. The highest BCUT2D eigenvalue weighted by molar-refractivity contribution is 9.10. The maximum Gasteiger partial charge on any atom is 0.212 e. The number of aliphatic hydroxyl groups excluding tert-OH is 1. The van der Waals surface area contributed by atoms with Gasteiger partial charge in [-0.05, 0) is 35.4 Å². The van der Waals surface area contributed by atoms with Crippen LogP contribution in [0.3, 0.4) is 0 Å². The highest BCUT2D eigenvalue weighted by Gasteiger charge is 2.12. The van der Waals surface area contributed by atoms with Crippen molar-refractivity contribution in [1.29, 1.82) is 0 Å². The summed E-state index contributed by atoms with van der Waals surface area (Å²) in [4.78, 5) is 4.03. The fraction of sp³-hybridized carbons (Fsp3) is 0.214. The number of aliphatic hydroxyl groups is 1. The Morgan fingerprint density at radius 2 is 2.16 bits per heavy atom. The van der Waals surface area contributed by atoms with Crippen molar-refractivity contribution in [3.8, 4) is 5.88 Å². The van der Waals surface area contributed by atoms with Crippen LogP contribution in [0.2, 0.25) is 0 Å². The molecule has 1 heterocycles. The average Bonchev–Trinajstić information content (AvgIpc) is 2.43. The van der Waals surface area contributed by atoms with Crippen LogP contribution >= 0.6 is 15.9 Å². The normalized spacial score (nSPS) is 12.2. The van der Waals surface area contributed by atoms with E-state index in [9.17, 15) is 9.50 Å². The molecule has 2 rings (SSSR count). The van der Waals surface area contributed by atoms with Crippen molar-refractivity contribution >= 4 is 15.9 Å². The Balaban J connectivity index is 2.15. The van der Waals surface area contributed by atoms with Gasteiger partial charge in [0.25, 0.3) is 0 Å². The lowest BCUT2D eigenvalue weighted by Gasteiger charge is -2.12. The molecule has 0 aliphatic heterocycles. The third-order valence-corrected chi connectivity index (χ3v) is 3.55. The number of aromatic nitrogens is 1. The molecular weight excluding hydrogens is 313 g/mol. The van der Waals surface area contributed by atoms with E-state index in [-0.39, 0.29) is 5.82 Å². The minimum absolute atomic E-state index is 0.312. The number of nitrogens with zero attached hydrogens (tertiary/aromatic N) is 1. The lowest BCUT2D eigenvalue weighted by Crippen LogP contribution is -2.03. The molecule has 0 spiro atoms. The fourth-order valence-electron chi connectivity index (χ4n) is 1.74. The van der Waals surface area contributed by atoms with Crippen molar-refractivity contribution in [2.24, 2.45) is 0 Å². The van der Waals surface area contributed by atoms with Gasteiger partial charge in [0.05, 0.1) is 13.2 Å². The van der Waals surface area contributed by atoms with Gasteiger partial charge in [-0.15, -0.1) is 0 Å². The summed E-state index contributed by atoms with van der Waals surface area (Å²) in [6.45, 7) is 0. The lowest BCUT2D eigenvalue weighted by molar-refractivity contribution is 0.177. The molecule has 1 aromatic heterocycles. The van der Waals surface area contributed by atoms with E-state index in [1.165, 1.54) is 19.2 Å². The Labute approximate surface area is 119 Å². The summed E-state index contributed by atoms with van der Waals surface area (Å²) >= 11 is 3.34. The third kappa shape index (κ3) is 3.52. The van der Waals surface area contributed by atoms with Crippen molar-refractivity contribution in [1.82, 2.24) is 4.98 Å². The molecule has 0 saturated heterocycles. The van der Waals surface area contributed by atoms with E-state index >= 15 is 0 Å². The molecule has 1 N–H and O–H groups in total. The van der Waals surface area contributed by atoms with Crippen molar-refractivity contribution < 1.29 is 14.2 Å². The number of methoxy groups -OCH3 is 1. The van der Waals surface area contributed by atoms with Crippen LogP contribution in [0.1, 0.15) is 17.2 Å². The topological polar surface area (TPSA) is 42.4 Å². The van der Waals surface area contributed by atoms with Gasteiger partial charge in [0.15, 0.2) is 0 Å². The third-order valence-electron chi connectivity index (χ3n) is 2.77. The number of rotatable bonds is 4. The Bertz CT molecular complexity index is 560. The van der Waals surface area contributed by atoms with E-state index in [1.807, 2.05) is 0 Å². The van der Waals surface area contributed by atoms with Gasteiger partial charge < -0.3 is 9.84 Å². The lowest BCUT2D eigenvalue weighted by atomic mass is 10.0. The first-order valence-electron chi connectivity index (χ1n) is 5.72. The van der Waals surface area contributed by atoms with Crippen LogP contribution in [-0.4, -0.2) is 17.2 Å². The van der Waals surface area contributed by atoms with Crippen LogP contribution in [-0.2, 0) is 6.42 Å². The molecule has 0 radical (unpaired) electrons. The second-order valence-corrected chi connectivity index (χ2v) is 4.94. The quantitative estimate of drug-likeness (QED) is 0.938. The Morgan fingerprint density at radius 3 is 2.79 bits per heavy atom. The van der Waals surface area contributed by atoms with E-state index in [4.69, 9.17) is 4.74 Å². The van der Waals surface area contributed by atoms with Gasteiger partial charge in [0.1, 0.15) is 5.82 Å². The molecule has 0 saturated carbocycles. The van der Waals surface area contributed by atoms with Crippen LogP contribution in [0.15, 0.2) is 41.0 Å². The Morgan fingerprint density at radius 1 is 1.37 bits per heavy atom. The number of pyridine rings is 1. The average molecular weight is 326 g/mol. The predicted molar refractivity (Wildman–Crippen MR) is 73.6 cm³/mol. The van der Waals surface area contributed by atoms with Gasteiger partial charge in [-0.2, -0.15) is 0 Å². The van der Waals surface area contributed by atoms with E-state index < -0.39 is 6.10 Å². The molecule has 2 aromatic rings. The highest BCUT2D eigenvalue weighted by Crippen LogP contribution is 2.25. The van der Waals surface area contributed by atoms with E-state index in [1.54, 1.807) is 24.4 Å². The molecule has 19 heavy (non-hydrogen) atoms. The zero-order valence-corrected chi connectivity index (χ0v) is 11.9. The summed E-state index contributed by atoms with van der Waals surface area (Å²) in [7, 11) is 1.53. The first-order chi connectivity index (χ1) is 9.10. The molecule has 3 nitrogen and oxygen atoms in total. The van der Waals surface area contributed by atoms with Gasteiger partial charge >= 0.3 is 0 Å². The minimum atomic E-state index is -0.739. The minimum Gasteiger partial charge on any atom is -0.481 e. The predicted octanol–water partition coefficient (Wildman–Crippen LogP) is 3.27. The van der Waals surface area contributed by atoms with Gasteiger partial charge in [0, 0.05) is 23.2 Å². The molecular formula is C14H13BrFNO2. The molecule has 1 unspecified atom stereocenters. The van der Waals surface area contributed by atoms with Crippen LogP contribution < -0.4 is 4.74 Å². The summed E-state index contributed by atoms with van der Waals surface area (Å²) in [6.07, 6.45) is 1.12. The van der Waals surface area contributed by atoms with Gasteiger partial charge in [0.2, 0.25) is 5.88 Å². The fourth-order valence-corrected chi connectivity index (χ4v) is 2.14. The summed E-state index contributed by atoms with van der Waals surface area (Å²) in [6, 6.07) is 7.83. The van der Waals surface area contributed by atoms with Crippen molar-refractivity contribution in [2.45, 2.75) is 12.5 Å². The van der Waals surface area contributed by atoms with Crippen LogP contribution in [0.25, 0.3) is 0 Å². The number of ether oxygens (including phenoxy) is 1. The number of hydrogen-bond donors (Lipinski definition) is 1. The van der Waals surface area contributed by atoms with Crippen molar-refractivity contribution in [2.75, 3.05) is 7.11 Å². The van der Waals surface area contributed by atoms with E-state index in [0.717, 1.165) is 4.47 Å². The van der Waals surface area contributed by atoms with Crippen molar-refractivity contribution in [3.63, 3.8) is 0 Å². The number of hydrogen-bond acceptors (Lipinski definition) is 3. The molecule has 0 bridgehead atoms. The Kier molecular flexibility index (Phi) is 4.50. The number of halogens is 2. The van der Waals surface area contributed by atoms with E-state index in [0.29, 0.717) is 23.4 Å². The summed E-state index contributed by atoms with van der Waals surface area (Å²) in [5.74, 6) is 0.168. The first-order valence-corrected chi connectivity index (χ1v) is 6.51. The van der Waals surface area contributed by atoms with Crippen LogP contribution in [0.5, 0.6) is 5.88 Å². The zero-order valence-electron chi connectivity index (χ0n) is 10.3. The standard InChI is InChI=1S/C14H13BrFNO2/c1-19-14-5-2-9(8-17-14)13(18)7-10-6-11(16)3-4-12(10)15/h2-6,8,13,18H,7H2,1H3. The summed E-state index contributed by atoms with van der Waals surface area (Å²) in [5, 5.41) is 10.1. The second-order valence-electron chi connectivity index (χ2n) is 4.09.